The third-order valence-corrected chi connectivity index (χ3v) is 6.53. The number of halogens is 1. The molecule has 0 saturated heterocycles. The molecule has 3 aromatic carbocycles. The number of imidazole rings is 1. The van der Waals surface area contributed by atoms with E-state index < -0.39 is 0 Å². The third kappa shape index (κ3) is 7.74. The Kier molecular flexibility index (Phi) is 10.5. The van der Waals surface area contributed by atoms with Crippen LogP contribution >= 0.6 is 12.4 Å². The molecule has 0 fully saturated rings. The van der Waals surface area contributed by atoms with Gasteiger partial charge in [0.1, 0.15) is 17.9 Å². The molecule has 9 heteroatoms. The van der Waals surface area contributed by atoms with E-state index in [-0.39, 0.29) is 18.5 Å². The molecule has 0 radical (unpaired) electrons. The van der Waals surface area contributed by atoms with E-state index in [4.69, 9.17) is 19.2 Å². The van der Waals surface area contributed by atoms with Gasteiger partial charge in [0.25, 0.3) is 0 Å². The van der Waals surface area contributed by atoms with Gasteiger partial charge in [-0.05, 0) is 42.7 Å². The Balaban J connectivity index is 0.00000387. The summed E-state index contributed by atoms with van der Waals surface area (Å²) in [6.07, 6.45) is 2.43. The van der Waals surface area contributed by atoms with Crippen molar-refractivity contribution < 1.29 is 14.2 Å². The van der Waals surface area contributed by atoms with Gasteiger partial charge in [-0.15, -0.1) is 12.4 Å². The molecule has 1 atom stereocenters. The van der Waals surface area contributed by atoms with Crippen molar-refractivity contribution in [2.45, 2.75) is 46.1 Å². The van der Waals surface area contributed by atoms with Gasteiger partial charge in [-0.3, -0.25) is 4.99 Å². The van der Waals surface area contributed by atoms with Gasteiger partial charge < -0.3 is 23.8 Å². The van der Waals surface area contributed by atoms with Crippen LogP contribution in [-0.4, -0.2) is 39.3 Å². The van der Waals surface area contributed by atoms with Crippen molar-refractivity contribution in [3.63, 3.8) is 0 Å². The van der Waals surface area contributed by atoms with Gasteiger partial charge in [0, 0.05) is 13.0 Å². The highest BCUT2D eigenvalue weighted by Gasteiger charge is 2.14. The van der Waals surface area contributed by atoms with Crippen LogP contribution in [0, 0.1) is 0 Å². The van der Waals surface area contributed by atoms with Gasteiger partial charge in [-0.1, -0.05) is 66.7 Å². The number of methoxy groups -OCH3 is 1. The molecular weight excluding hydrogens is 538 g/mol. The predicted molar refractivity (Wildman–Crippen MR) is 162 cm³/mol. The molecular formula is C32H36ClN5O3. The van der Waals surface area contributed by atoms with Crippen LogP contribution in [0.4, 0.5) is 0 Å². The average molecular weight is 574 g/mol. The summed E-state index contributed by atoms with van der Waals surface area (Å²) in [6, 6.07) is 26.3. The molecule has 0 aliphatic carbocycles. The van der Waals surface area contributed by atoms with Crippen molar-refractivity contribution in [3.05, 3.63) is 113 Å². The van der Waals surface area contributed by atoms with Gasteiger partial charge in [-0.25, -0.2) is 9.97 Å². The maximum absolute atomic E-state index is 6.13. The Labute approximate surface area is 246 Å². The smallest absolute Gasteiger partial charge is 0.176 e. The van der Waals surface area contributed by atoms with Gasteiger partial charge in [0.2, 0.25) is 0 Å². The fraction of sp³-hybridized carbons (Fsp3) is 0.281. The monoisotopic (exact) mass is 573 g/mol. The first-order valence-electron chi connectivity index (χ1n) is 13.6. The van der Waals surface area contributed by atoms with Crippen molar-refractivity contribution in [1.29, 1.82) is 0 Å². The third-order valence-electron chi connectivity index (χ3n) is 6.53. The van der Waals surface area contributed by atoms with Gasteiger partial charge >= 0.3 is 0 Å². The van der Waals surface area contributed by atoms with Crippen LogP contribution in [-0.2, 0) is 30.9 Å². The summed E-state index contributed by atoms with van der Waals surface area (Å²) < 4.78 is 19.8. The van der Waals surface area contributed by atoms with E-state index in [2.05, 4.69) is 34.0 Å². The highest BCUT2D eigenvalue weighted by molar-refractivity contribution is 5.85. The maximum Gasteiger partial charge on any atom is 0.176 e. The molecule has 214 valence electrons. The summed E-state index contributed by atoms with van der Waals surface area (Å²) in [4.78, 5) is 17.6. The number of hydrogen-bond donors (Lipinski definition) is 1. The van der Waals surface area contributed by atoms with E-state index in [9.17, 15) is 0 Å². The number of benzene rings is 3. The number of hydrogen-bond acceptors (Lipinski definition) is 6. The van der Waals surface area contributed by atoms with E-state index in [0.29, 0.717) is 49.7 Å². The van der Waals surface area contributed by atoms with Crippen molar-refractivity contribution >= 4 is 23.6 Å². The second-order valence-corrected chi connectivity index (χ2v) is 9.62. The molecule has 0 aliphatic rings. The van der Waals surface area contributed by atoms with Crippen LogP contribution in [0.25, 0.3) is 11.2 Å². The minimum Gasteiger partial charge on any atom is -0.493 e. The number of H-pyrrole nitrogens is 1. The van der Waals surface area contributed by atoms with Gasteiger partial charge in [0.05, 0.1) is 32.7 Å². The topological polar surface area (TPSA) is 86.6 Å². The highest BCUT2D eigenvalue weighted by atomic mass is 35.5. The molecule has 8 nitrogen and oxygen atoms in total. The molecule has 5 aromatic rings. The highest BCUT2D eigenvalue weighted by Crippen LogP contribution is 2.29. The first-order valence-corrected chi connectivity index (χ1v) is 13.6. The molecule has 0 spiro atoms. The standard InChI is InChI=1S/C32H35N5O3.ClH/c1-4-33-31-30-32(36-29(35-30)17-23(2)39-20-24-11-7-5-8-12-24)37(22-34-31)19-26-15-16-27(38-3)28(18-26)40-21-25-13-9-6-10-14-25;/h5-16,18,22-23H,4,17,19-21H2,1-3H3,(H,35,36);1H. The first kappa shape index (κ1) is 29.8. The van der Waals surface area contributed by atoms with E-state index in [1.807, 2.05) is 78.2 Å². The Bertz CT molecular complexity index is 1600. The first-order chi connectivity index (χ1) is 19.6. The average Bonchev–Trinajstić information content (AvgIpc) is 3.42. The quantitative estimate of drug-likeness (QED) is 0.201. The summed E-state index contributed by atoms with van der Waals surface area (Å²) >= 11 is 0. The molecule has 2 aromatic heterocycles. The summed E-state index contributed by atoms with van der Waals surface area (Å²) in [7, 11) is 1.65. The summed E-state index contributed by atoms with van der Waals surface area (Å²) in [6.45, 7) is 6.28. The number of nitrogens with one attached hydrogen (secondary N) is 1. The summed E-state index contributed by atoms with van der Waals surface area (Å²) in [5.74, 6) is 2.22. The lowest BCUT2D eigenvalue weighted by atomic mass is 10.2. The van der Waals surface area contributed by atoms with E-state index in [1.54, 1.807) is 13.4 Å². The fourth-order valence-electron chi connectivity index (χ4n) is 4.51. The van der Waals surface area contributed by atoms with Crippen LogP contribution in [0.2, 0.25) is 0 Å². The van der Waals surface area contributed by atoms with E-state index >= 15 is 0 Å². The minimum absolute atomic E-state index is 0. The van der Waals surface area contributed by atoms with E-state index in [1.165, 1.54) is 0 Å². The van der Waals surface area contributed by atoms with Crippen molar-refractivity contribution in [2.75, 3.05) is 13.7 Å². The lowest BCUT2D eigenvalue weighted by Crippen LogP contribution is -2.15. The molecule has 0 aliphatic heterocycles. The largest absolute Gasteiger partial charge is 0.493 e. The zero-order chi connectivity index (χ0) is 27.7. The number of ether oxygens (including phenoxy) is 3. The molecule has 1 unspecified atom stereocenters. The zero-order valence-corrected chi connectivity index (χ0v) is 24.4. The molecule has 2 heterocycles. The molecule has 5 rings (SSSR count). The van der Waals surface area contributed by atoms with Gasteiger partial charge in [0.15, 0.2) is 22.6 Å². The van der Waals surface area contributed by atoms with Crippen LogP contribution in [0.5, 0.6) is 11.5 Å². The number of nitrogens with zero attached hydrogens (tertiary/aromatic N) is 4. The van der Waals surface area contributed by atoms with Crippen LogP contribution in [0.1, 0.15) is 36.4 Å². The Hall–Kier alpha value is -4.14. The van der Waals surface area contributed by atoms with Crippen molar-refractivity contribution in [2.24, 2.45) is 4.99 Å². The van der Waals surface area contributed by atoms with E-state index in [0.717, 1.165) is 33.7 Å². The normalized spacial score (nSPS) is 12.2. The number of aromatic amines is 1. The Morgan fingerprint density at radius 1 is 0.902 bits per heavy atom. The number of aromatic nitrogens is 4. The molecule has 0 saturated carbocycles. The molecule has 0 amide bonds. The lowest BCUT2D eigenvalue weighted by Gasteiger charge is -2.14. The maximum atomic E-state index is 6.13. The van der Waals surface area contributed by atoms with Crippen molar-refractivity contribution in [3.8, 4) is 11.5 Å². The molecule has 41 heavy (non-hydrogen) atoms. The summed E-state index contributed by atoms with van der Waals surface area (Å²) in [5.41, 5.74) is 5.57. The summed E-state index contributed by atoms with van der Waals surface area (Å²) in [5, 5.41) is 0. The second-order valence-electron chi connectivity index (χ2n) is 9.62. The lowest BCUT2D eigenvalue weighted by molar-refractivity contribution is 0.0524. The van der Waals surface area contributed by atoms with Crippen LogP contribution < -0.4 is 15.0 Å². The molecule has 0 bridgehead atoms. The molecule has 1 N–H and O–H groups in total. The van der Waals surface area contributed by atoms with Crippen LogP contribution in [0.15, 0.2) is 90.2 Å². The minimum atomic E-state index is -0.0142. The Morgan fingerprint density at radius 2 is 1.61 bits per heavy atom. The SMILES string of the molecule is CCN=c1ncn(Cc2ccc(OC)c(OCc3ccccc3)c2)c2nc(CC(C)OCc3ccccc3)[nH]c12.Cl. The second kappa shape index (κ2) is 14.5. The van der Waals surface area contributed by atoms with Gasteiger partial charge in [-0.2, -0.15) is 0 Å². The fourth-order valence-corrected chi connectivity index (χ4v) is 4.51. The Morgan fingerprint density at radius 3 is 2.29 bits per heavy atom. The van der Waals surface area contributed by atoms with Crippen LogP contribution in [0.3, 0.4) is 0 Å². The number of fused-ring (bicyclic) bond motifs is 1. The number of rotatable bonds is 12. The zero-order valence-electron chi connectivity index (χ0n) is 23.6. The van der Waals surface area contributed by atoms with Crippen molar-refractivity contribution in [1.82, 2.24) is 19.5 Å². The predicted octanol–water partition coefficient (Wildman–Crippen LogP) is 5.89.